The second-order valence-corrected chi connectivity index (χ2v) is 39.4. The number of esters is 2. The molecule has 2 saturated heterocycles. The van der Waals surface area contributed by atoms with E-state index in [0.717, 1.165) is 180 Å². The van der Waals surface area contributed by atoms with Gasteiger partial charge in [0.25, 0.3) is 0 Å². The smallest absolute Gasteiger partial charge is 0.462 e. The number of rotatable bonds is 94. The lowest BCUT2D eigenvalue weighted by molar-refractivity contribution is -0.297. The molecule has 0 aromatic carbocycles. The fraction of sp³-hybridized carbons (Fsp3) is 0.962. The van der Waals surface area contributed by atoms with Crippen LogP contribution in [0.5, 0.6) is 0 Å². The Hall–Kier alpha value is -2.41. The number of unbranched alkanes of at least 4 members (excludes halogenated alkanes) is 59. The van der Waals surface area contributed by atoms with Crippen LogP contribution in [0.15, 0.2) is 0 Å². The van der Waals surface area contributed by atoms with Gasteiger partial charge in [0.2, 0.25) is 11.8 Å². The molecule has 8 N–H and O–H groups in total. The van der Waals surface area contributed by atoms with Crippen LogP contribution >= 0.6 is 7.82 Å². The average molecular weight is 1830 g/mol. The maximum absolute atomic E-state index is 15.1. The van der Waals surface area contributed by atoms with Crippen LogP contribution in [-0.2, 0) is 66.2 Å². The van der Waals surface area contributed by atoms with Gasteiger partial charge in [-0.2, -0.15) is 0 Å². The standard InChI is InChI=1S/C104H201N2O20P/c1-8-15-22-29-36-43-50-57-64-71-78-118-87(74-67-60-53-46-39-32-25-18-11-4)81-93(108)106-98-102(125-96(111)84-89(76-69-62-55-48-41-34-27-20-13-6)120-80-73-66-59-52-45-38-31-24-17-10-3)101(126-127(115,116)117)91(85-107)124-104(98)121-86-92-99(112)100(113)97(103(114)123-92)105-94(109)82-90(77-70-63-56-49-42-35-28-21-14-7)122-95(110)83-88(75-68-61-54-47-40-33-26-19-12-5)119-79-72-65-58-51-44-37-30-23-16-9-2/h87-92,97-104,107,112-114H,8-86H2,1-7H3,(H,105,109)(H,106,108)(H2,115,116,117)/t87-,88-,89-,90-,91-,92-,97-,98-,99-,100-,101-,102-,103?,104-/m1/s1. The Balaban J connectivity index is 2.59. The van der Waals surface area contributed by atoms with E-state index in [2.05, 4.69) is 59.1 Å². The molecule has 0 bridgehead atoms. The second kappa shape index (κ2) is 85.3. The highest BCUT2D eigenvalue weighted by Crippen LogP contribution is 2.43. The minimum atomic E-state index is -5.50. The van der Waals surface area contributed by atoms with Gasteiger partial charge in [-0.15, -0.1) is 0 Å². The van der Waals surface area contributed by atoms with Crippen molar-refractivity contribution in [2.24, 2.45) is 0 Å². The Kier molecular flexibility index (Phi) is 81.0. The molecular weight excluding hydrogens is 1630 g/mol. The van der Waals surface area contributed by atoms with E-state index in [0.29, 0.717) is 45.5 Å². The zero-order valence-corrected chi connectivity index (χ0v) is 83.7. The monoisotopic (exact) mass is 1830 g/mol. The normalized spacial score (nSPS) is 20.1. The molecule has 0 aromatic rings. The Morgan fingerprint density at radius 2 is 0.598 bits per heavy atom. The SMILES string of the molecule is CCCCCCCCCCCCO[C@H](CCCCCCCCCCC)CC(=O)N[C@H]1[C@H](OC[C@H]2OC(O)[C@H](NC(=O)C[C@@H](CCCCCCCCCCC)OC(=O)C[C@@H](CCCCCCCCCCC)OCCCCCCCCCCCC)[C@@H](O)[C@@H]2O)O[C@H](CO)[C@@H](OP(=O)(O)O)[C@@H]1OC(=O)C[C@@H](CCCCCCCCCCC)OCCCCCCCCCCCC. The summed E-state index contributed by atoms with van der Waals surface area (Å²) >= 11 is 0. The summed E-state index contributed by atoms with van der Waals surface area (Å²) in [6, 6.07) is -3.20. The molecule has 23 heteroatoms. The molecule has 127 heavy (non-hydrogen) atoms. The Morgan fingerprint density at radius 1 is 0.323 bits per heavy atom. The van der Waals surface area contributed by atoms with Crippen molar-refractivity contribution in [1.82, 2.24) is 10.6 Å². The van der Waals surface area contributed by atoms with Crippen LogP contribution in [0.3, 0.4) is 0 Å². The minimum absolute atomic E-state index is 0.0463. The van der Waals surface area contributed by atoms with Crippen molar-refractivity contribution in [2.45, 2.75) is 609 Å². The quantitative estimate of drug-likeness (QED) is 0.0159. The van der Waals surface area contributed by atoms with Crippen molar-refractivity contribution in [3.8, 4) is 0 Å². The third-order valence-corrected chi connectivity index (χ3v) is 26.7. The van der Waals surface area contributed by atoms with Crippen LogP contribution < -0.4 is 10.6 Å². The number of nitrogens with one attached hydrogen (secondary N) is 2. The first kappa shape index (κ1) is 121. The Labute approximate surface area is 776 Å². The van der Waals surface area contributed by atoms with Crippen LogP contribution in [-0.4, -0.2) is 173 Å². The molecule has 2 aliphatic rings. The van der Waals surface area contributed by atoms with E-state index >= 15 is 4.79 Å². The van der Waals surface area contributed by atoms with Gasteiger partial charge < -0.3 is 78.7 Å². The molecule has 2 amide bonds. The zero-order chi connectivity index (χ0) is 92.5. The van der Waals surface area contributed by atoms with Gasteiger partial charge in [-0.05, 0) is 51.4 Å². The highest BCUT2D eigenvalue weighted by Gasteiger charge is 2.53. The topological polar surface area (TPSA) is 314 Å². The van der Waals surface area contributed by atoms with Crippen molar-refractivity contribution in [1.29, 1.82) is 0 Å². The van der Waals surface area contributed by atoms with Gasteiger partial charge in [-0.3, -0.25) is 23.7 Å². The summed E-state index contributed by atoms with van der Waals surface area (Å²) in [5, 5.41) is 52.6. The maximum atomic E-state index is 15.1. The lowest BCUT2D eigenvalue weighted by Gasteiger charge is -2.46. The number of phosphoric acid groups is 1. The number of hydrogen-bond acceptors (Lipinski definition) is 18. The molecule has 0 aliphatic carbocycles. The van der Waals surface area contributed by atoms with Gasteiger partial charge in [0.1, 0.15) is 48.7 Å². The van der Waals surface area contributed by atoms with Gasteiger partial charge in [0.15, 0.2) is 18.7 Å². The highest BCUT2D eigenvalue weighted by molar-refractivity contribution is 7.46. The number of phosphoric ester groups is 1. The van der Waals surface area contributed by atoms with Gasteiger partial charge in [-0.1, -0.05) is 447 Å². The Bertz CT molecular complexity index is 2520. The summed E-state index contributed by atoms with van der Waals surface area (Å²) in [5.41, 5.74) is 0. The number of aliphatic hydroxyl groups excluding tert-OH is 4. The van der Waals surface area contributed by atoms with Crippen molar-refractivity contribution < 1.29 is 96.4 Å². The third-order valence-electron chi connectivity index (χ3n) is 26.1. The molecule has 0 saturated carbocycles. The molecule has 0 aromatic heterocycles. The molecule has 752 valence electrons. The van der Waals surface area contributed by atoms with Gasteiger partial charge in [0.05, 0.1) is 57.2 Å². The number of amides is 2. The molecule has 14 atom stereocenters. The molecule has 0 spiro atoms. The molecule has 22 nitrogen and oxygen atoms in total. The van der Waals surface area contributed by atoms with E-state index in [1.54, 1.807) is 0 Å². The van der Waals surface area contributed by atoms with Crippen LogP contribution in [0.2, 0.25) is 0 Å². The third kappa shape index (κ3) is 67.4. The summed E-state index contributed by atoms with van der Waals surface area (Å²) in [6.07, 6.45) is 59.8. The van der Waals surface area contributed by atoms with Crippen molar-refractivity contribution in [3.05, 3.63) is 0 Å². The summed E-state index contributed by atoms with van der Waals surface area (Å²) in [5.74, 6) is -2.52. The van der Waals surface area contributed by atoms with E-state index in [1.165, 1.54) is 244 Å². The molecule has 2 heterocycles. The lowest BCUT2D eigenvalue weighted by atomic mass is 9.95. The summed E-state index contributed by atoms with van der Waals surface area (Å²) in [6.45, 7) is 15.3. The van der Waals surface area contributed by atoms with E-state index in [9.17, 15) is 49.2 Å². The first-order valence-corrected chi connectivity index (χ1v) is 55.5. The predicted molar refractivity (Wildman–Crippen MR) is 516 cm³/mol. The van der Waals surface area contributed by atoms with Gasteiger partial charge >= 0.3 is 19.8 Å². The number of aliphatic hydroxyl groups is 4. The number of ether oxygens (including phenoxy) is 8. The van der Waals surface area contributed by atoms with Crippen LogP contribution in [0, 0.1) is 0 Å². The molecule has 1 unspecified atom stereocenters. The van der Waals surface area contributed by atoms with E-state index in [4.69, 9.17) is 42.4 Å². The van der Waals surface area contributed by atoms with Crippen molar-refractivity contribution in [3.63, 3.8) is 0 Å². The minimum Gasteiger partial charge on any atom is -0.462 e. The molecular formula is C104H201N2O20P. The zero-order valence-electron chi connectivity index (χ0n) is 82.8. The molecule has 2 rings (SSSR count). The largest absolute Gasteiger partial charge is 0.470 e. The predicted octanol–water partition coefficient (Wildman–Crippen LogP) is 25.6. The lowest BCUT2D eigenvalue weighted by Crippen LogP contribution is -2.67. The van der Waals surface area contributed by atoms with E-state index < -0.39 is 124 Å². The van der Waals surface area contributed by atoms with Crippen LogP contribution in [0.1, 0.15) is 524 Å². The Morgan fingerprint density at radius 3 is 0.913 bits per heavy atom. The van der Waals surface area contributed by atoms with Crippen molar-refractivity contribution in [2.75, 3.05) is 33.0 Å². The number of carbonyl (C=O) groups is 4. The van der Waals surface area contributed by atoms with Crippen molar-refractivity contribution >= 4 is 31.6 Å². The van der Waals surface area contributed by atoms with Crippen LogP contribution in [0.4, 0.5) is 0 Å². The fourth-order valence-electron chi connectivity index (χ4n) is 18.1. The highest BCUT2D eigenvalue weighted by atomic mass is 31.2. The maximum Gasteiger partial charge on any atom is 0.470 e. The molecule has 0 radical (unpaired) electrons. The van der Waals surface area contributed by atoms with Gasteiger partial charge in [-0.25, -0.2) is 4.57 Å². The van der Waals surface area contributed by atoms with E-state index in [1.807, 2.05) is 0 Å². The summed E-state index contributed by atoms with van der Waals surface area (Å²) < 4.78 is 69.7. The fourth-order valence-corrected chi connectivity index (χ4v) is 18.7. The van der Waals surface area contributed by atoms with E-state index in [-0.39, 0.29) is 31.8 Å². The van der Waals surface area contributed by atoms with Gasteiger partial charge in [0, 0.05) is 19.8 Å². The number of hydrogen-bond donors (Lipinski definition) is 8. The summed E-state index contributed by atoms with van der Waals surface area (Å²) in [7, 11) is -5.50. The van der Waals surface area contributed by atoms with Crippen LogP contribution in [0.25, 0.3) is 0 Å². The second-order valence-electron chi connectivity index (χ2n) is 38.2. The first-order valence-electron chi connectivity index (χ1n) is 54.0. The molecule has 2 aliphatic heterocycles. The molecule has 2 fully saturated rings. The average Bonchev–Trinajstić information content (AvgIpc) is 0.776. The number of carbonyl (C=O) groups excluding carboxylic acids is 4. The first-order chi connectivity index (χ1) is 61.9. The summed E-state index contributed by atoms with van der Waals surface area (Å²) in [4.78, 5) is 79.8.